The van der Waals surface area contributed by atoms with E-state index >= 15 is 0 Å². The smallest absolute Gasteiger partial charge is 0.296 e. The Hall–Kier alpha value is -4.25. The molecule has 2 heterocycles. The molecule has 10 nitrogen and oxygen atoms in total. The molecule has 52 heavy (non-hydrogen) atoms. The van der Waals surface area contributed by atoms with Gasteiger partial charge in [0.05, 0.1) is 25.9 Å². The number of aryl methyl sites for hydroxylation is 4. The Morgan fingerprint density at radius 2 is 0.808 bits per heavy atom. The molecule has 4 aromatic carbocycles. The summed E-state index contributed by atoms with van der Waals surface area (Å²) in [4.78, 5) is 31.3. The van der Waals surface area contributed by atoms with Crippen molar-refractivity contribution in [1.82, 2.24) is 8.61 Å². The third-order valence-electron chi connectivity index (χ3n) is 9.73. The summed E-state index contributed by atoms with van der Waals surface area (Å²) in [6.45, 7) is 16.0. The highest BCUT2D eigenvalue weighted by Gasteiger charge is 2.46. The molecule has 2 aliphatic heterocycles. The Morgan fingerprint density at radius 3 is 1.12 bits per heavy atom. The molecule has 4 aromatic rings. The van der Waals surface area contributed by atoms with E-state index in [4.69, 9.17) is 0 Å². The number of carbonyl (C=O) groups excluding carboxylic acids is 2. The topological polar surface area (TPSA) is 115 Å². The summed E-state index contributed by atoms with van der Waals surface area (Å²) in [5.41, 5.74) is 6.61. The van der Waals surface area contributed by atoms with Crippen LogP contribution in [-0.2, 0) is 20.0 Å². The van der Waals surface area contributed by atoms with E-state index in [1.54, 1.807) is 58.3 Å². The van der Waals surface area contributed by atoms with E-state index in [1.165, 1.54) is 0 Å². The summed E-state index contributed by atoms with van der Waals surface area (Å²) >= 11 is 0. The van der Waals surface area contributed by atoms with Gasteiger partial charge in [-0.15, -0.1) is 0 Å². The Kier molecular flexibility index (Phi) is 9.60. The van der Waals surface area contributed by atoms with Gasteiger partial charge in [-0.3, -0.25) is 9.80 Å². The van der Waals surface area contributed by atoms with Crippen LogP contribution in [0.1, 0.15) is 22.3 Å². The number of carbonyl (C=O) groups is 2. The first-order valence-electron chi connectivity index (χ1n) is 17.2. The van der Waals surface area contributed by atoms with Crippen molar-refractivity contribution in [3.63, 3.8) is 0 Å². The molecule has 0 atom stereocenters. The number of anilines is 2. The van der Waals surface area contributed by atoms with Gasteiger partial charge >= 0.3 is 12.1 Å². The number of hydrogen-bond donors (Lipinski definition) is 0. The Bertz CT molecular complexity index is 2130. The van der Waals surface area contributed by atoms with E-state index in [0.29, 0.717) is 23.7 Å². The van der Waals surface area contributed by atoms with Crippen molar-refractivity contribution in [3.05, 3.63) is 107 Å². The van der Waals surface area contributed by atoms with Gasteiger partial charge in [-0.1, -0.05) is 73.7 Å². The number of amides is 4. The van der Waals surface area contributed by atoms with Gasteiger partial charge in [0.25, 0.3) is 20.0 Å². The molecule has 0 radical (unpaired) electrons. The maximum atomic E-state index is 13.9. The molecular weight excluding hydrogens is 729 g/mol. The predicted octanol–water partition coefficient (Wildman–Crippen LogP) is 7.42. The lowest BCUT2D eigenvalue weighted by Gasteiger charge is -2.43. The molecular formula is C38H46N4O6S2Si2. The van der Waals surface area contributed by atoms with Gasteiger partial charge in [0.15, 0.2) is 0 Å². The highest BCUT2D eigenvalue weighted by Crippen LogP contribution is 2.36. The maximum absolute atomic E-state index is 13.9. The highest BCUT2D eigenvalue weighted by molar-refractivity contribution is 7.90. The van der Waals surface area contributed by atoms with Crippen molar-refractivity contribution < 1.29 is 26.4 Å². The van der Waals surface area contributed by atoms with Crippen LogP contribution in [0.3, 0.4) is 0 Å². The molecule has 2 saturated heterocycles. The number of hydrogen-bond acceptors (Lipinski definition) is 6. The minimum atomic E-state index is -4.05. The van der Waals surface area contributed by atoms with E-state index < -0.39 is 48.3 Å². The number of rotatable bonds is 7. The molecule has 0 N–H and O–H groups in total. The van der Waals surface area contributed by atoms with E-state index in [0.717, 1.165) is 42.0 Å². The molecule has 6 rings (SSSR count). The zero-order valence-corrected chi connectivity index (χ0v) is 34.6. The van der Waals surface area contributed by atoms with E-state index in [9.17, 15) is 26.4 Å². The van der Waals surface area contributed by atoms with Crippen LogP contribution in [0.25, 0.3) is 11.1 Å². The molecule has 2 aliphatic rings. The van der Waals surface area contributed by atoms with Crippen LogP contribution in [0.2, 0.25) is 26.2 Å². The Labute approximate surface area is 309 Å². The summed E-state index contributed by atoms with van der Waals surface area (Å²) in [6.07, 6.45) is 1.38. The van der Waals surface area contributed by atoms with Gasteiger partial charge in [-0.25, -0.2) is 35.0 Å². The lowest BCUT2D eigenvalue weighted by atomic mass is 9.99. The maximum Gasteiger partial charge on any atom is 0.337 e. The number of urea groups is 2. The molecule has 0 unspecified atom stereocenters. The van der Waals surface area contributed by atoms with Crippen LogP contribution in [0.15, 0.2) is 94.7 Å². The predicted molar refractivity (Wildman–Crippen MR) is 212 cm³/mol. The molecule has 274 valence electrons. The fourth-order valence-corrected chi connectivity index (χ4v) is 16.9. The highest BCUT2D eigenvalue weighted by atomic mass is 32.2. The van der Waals surface area contributed by atoms with Crippen molar-refractivity contribution >= 4 is 59.6 Å². The summed E-state index contributed by atoms with van der Waals surface area (Å²) in [5.74, 6) is 0. The number of nitrogens with zero attached hydrogens (tertiary/aromatic N) is 4. The average molecular weight is 775 g/mol. The Balaban J connectivity index is 1.28. The van der Waals surface area contributed by atoms with Gasteiger partial charge in [-0.05, 0) is 98.5 Å². The van der Waals surface area contributed by atoms with Crippen LogP contribution < -0.4 is 9.80 Å². The molecule has 14 heteroatoms. The third kappa shape index (κ3) is 7.08. The number of benzene rings is 4. The van der Waals surface area contributed by atoms with Gasteiger partial charge in [0, 0.05) is 36.0 Å². The second-order valence-electron chi connectivity index (χ2n) is 15.7. The van der Waals surface area contributed by atoms with Crippen LogP contribution in [0.5, 0.6) is 0 Å². The molecule has 0 saturated carbocycles. The molecule has 2 fully saturated rings. The monoisotopic (exact) mass is 774 g/mol. The van der Waals surface area contributed by atoms with Crippen molar-refractivity contribution in [2.24, 2.45) is 0 Å². The quantitative estimate of drug-likeness (QED) is 0.181. The van der Waals surface area contributed by atoms with Crippen molar-refractivity contribution in [3.8, 4) is 11.1 Å². The summed E-state index contributed by atoms with van der Waals surface area (Å²) in [7, 11) is -12.5. The standard InChI is InChI=1S/C38H46N4O6S2Si2/c1-27-9-15-33(16-10-27)49(45,46)41-25-51(5,6)23-39(37(41)43)35-19-13-31(21-29(35)3)32-14-20-36(30(4)22-32)40-24-52(7,8)26-42(38(40)44)50(47,48)34-17-11-28(2)12-18-34/h9-22H,23-26H2,1-8H3. The van der Waals surface area contributed by atoms with Crippen molar-refractivity contribution in [1.29, 1.82) is 0 Å². The van der Waals surface area contributed by atoms with Gasteiger partial charge in [0.2, 0.25) is 0 Å². The van der Waals surface area contributed by atoms with Gasteiger partial charge < -0.3 is 0 Å². The first-order chi connectivity index (χ1) is 24.2. The first kappa shape index (κ1) is 37.5. The summed E-state index contributed by atoms with van der Waals surface area (Å²) < 4.78 is 57.0. The second kappa shape index (κ2) is 13.3. The van der Waals surface area contributed by atoms with Crippen LogP contribution >= 0.6 is 0 Å². The SMILES string of the molecule is Cc1ccc(S(=O)(=O)N2C[Si](C)(C)CN(c3ccc(-c4ccc(N5C[Si](C)(C)CN(S(=O)(=O)c6ccc(C)cc6)C5=O)c(C)c4)cc3C)C2=O)cc1. The van der Waals surface area contributed by atoms with Crippen LogP contribution in [-0.4, -0.2) is 78.3 Å². The minimum absolute atomic E-state index is 0.0988. The fourth-order valence-electron chi connectivity index (χ4n) is 6.98. The lowest BCUT2D eigenvalue weighted by molar-refractivity contribution is 0.230. The second-order valence-corrected chi connectivity index (χ2v) is 29.4. The molecule has 0 bridgehead atoms. The third-order valence-corrected chi connectivity index (χ3v) is 18.3. The van der Waals surface area contributed by atoms with Gasteiger partial charge in [-0.2, -0.15) is 0 Å². The van der Waals surface area contributed by atoms with Crippen molar-refractivity contribution in [2.75, 3.05) is 34.5 Å². The lowest BCUT2D eigenvalue weighted by Crippen LogP contribution is -2.64. The zero-order chi connectivity index (χ0) is 38.0. The van der Waals surface area contributed by atoms with Crippen molar-refractivity contribution in [2.45, 2.75) is 63.7 Å². The van der Waals surface area contributed by atoms with Crippen LogP contribution in [0, 0.1) is 27.7 Å². The molecule has 0 aromatic heterocycles. The average Bonchev–Trinajstić information content (AvgIpc) is 3.07. The zero-order valence-electron chi connectivity index (χ0n) is 31.0. The largest absolute Gasteiger partial charge is 0.337 e. The summed E-state index contributed by atoms with van der Waals surface area (Å²) in [6, 6.07) is 23.6. The molecule has 4 amide bonds. The molecule has 0 spiro atoms. The first-order valence-corrected chi connectivity index (χ1v) is 26.9. The Morgan fingerprint density at radius 1 is 0.481 bits per heavy atom. The van der Waals surface area contributed by atoms with E-state index in [-0.39, 0.29) is 22.1 Å². The van der Waals surface area contributed by atoms with E-state index in [1.807, 2.05) is 64.1 Å². The fraction of sp³-hybridized carbons (Fsp3) is 0.316. The summed E-state index contributed by atoms with van der Waals surface area (Å²) in [5, 5.41) is 0. The van der Waals surface area contributed by atoms with Crippen LogP contribution in [0.4, 0.5) is 21.0 Å². The van der Waals surface area contributed by atoms with E-state index in [2.05, 4.69) is 26.2 Å². The number of sulfonamides is 2. The van der Waals surface area contributed by atoms with Gasteiger partial charge in [0.1, 0.15) is 0 Å². The molecule has 0 aliphatic carbocycles. The minimum Gasteiger partial charge on any atom is -0.296 e. The normalized spacial score (nSPS) is 17.8.